The molecule has 0 spiro atoms. The van der Waals surface area contributed by atoms with Crippen LogP contribution in [0.3, 0.4) is 0 Å². The number of quaternary nitrogens is 1. The van der Waals surface area contributed by atoms with Crippen LogP contribution in [-0.4, -0.2) is 43.8 Å². The van der Waals surface area contributed by atoms with Crippen molar-refractivity contribution in [2.24, 2.45) is 0 Å². The zero-order valence-corrected chi connectivity index (χ0v) is 21.8. The highest BCUT2D eigenvalue weighted by Gasteiger charge is 2.19. The molecule has 0 aliphatic heterocycles. The van der Waals surface area contributed by atoms with Crippen LogP contribution >= 0.6 is 0 Å². The highest BCUT2D eigenvalue weighted by molar-refractivity contribution is 4.66. The van der Waals surface area contributed by atoms with E-state index in [0.717, 1.165) is 6.54 Å². The molecule has 30 heavy (non-hydrogen) atoms. The summed E-state index contributed by atoms with van der Waals surface area (Å²) < 4.78 is 1.25. The van der Waals surface area contributed by atoms with Gasteiger partial charge in [-0.1, -0.05) is 103 Å². The van der Waals surface area contributed by atoms with Crippen LogP contribution in [0.5, 0.6) is 0 Å². The van der Waals surface area contributed by atoms with Gasteiger partial charge in [-0.05, 0) is 46.7 Å². The summed E-state index contributed by atoms with van der Waals surface area (Å²) >= 11 is 0. The van der Waals surface area contributed by atoms with Crippen LogP contribution in [0.1, 0.15) is 137 Å². The predicted octanol–water partition coefficient (Wildman–Crippen LogP) is 8.31. The fourth-order valence-corrected chi connectivity index (χ4v) is 4.55. The van der Waals surface area contributed by atoms with Crippen molar-refractivity contribution in [2.75, 3.05) is 39.3 Å². The van der Waals surface area contributed by atoms with E-state index in [0.29, 0.717) is 0 Å². The second-order valence-corrected chi connectivity index (χ2v) is 9.60. The molecule has 2 heteroatoms. The molecule has 0 rings (SSSR count). The SMILES string of the molecule is CCCCCCCCCCCCCCCCCCNCC[CH]C[N+](CC)(CC)CC. The highest BCUT2D eigenvalue weighted by atomic mass is 15.3. The van der Waals surface area contributed by atoms with E-state index in [4.69, 9.17) is 0 Å². The maximum absolute atomic E-state index is 3.64. The van der Waals surface area contributed by atoms with Gasteiger partial charge in [-0.2, -0.15) is 0 Å². The molecule has 0 heterocycles. The number of nitrogens with zero attached hydrogens (tertiary/aromatic N) is 1. The first-order chi connectivity index (χ1) is 14.7. The molecule has 0 aliphatic carbocycles. The smallest absolute Gasteiger partial charge is 0.0820 e. The lowest BCUT2D eigenvalue weighted by atomic mass is 10.0. The van der Waals surface area contributed by atoms with Crippen LogP contribution in [0, 0.1) is 6.42 Å². The second kappa shape index (κ2) is 23.6. The average Bonchev–Trinajstić information content (AvgIpc) is 2.78. The molecule has 0 bridgehead atoms. The maximum Gasteiger partial charge on any atom is 0.0820 e. The standard InChI is InChI=1S/C28H60N2/c1-5-9-10-11-12-13-14-15-16-17-18-19-20-21-22-23-26-29-27-24-25-28-30(6-2,7-3)8-4/h25,29H,5-24,26-28H2,1-4H3/q+1. The van der Waals surface area contributed by atoms with Gasteiger partial charge >= 0.3 is 0 Å². The third-order valence-electron chi connectivity index (χ3n) is 7.26. The molecule has 0 aromatic rings. The van der Waals surface area contributed by atoms with E-state index in [1.165, 1.54) is 146 Å². The van der Waals surface area contributed by atoms with E-state index in [1.807, 2.05) is 0 Å². The lowest BCUT2D eigenvalue weighted by Gasteiger charge is -2.35. The van der Waals surface area contributed by atoms with Gasteiger partial charge in [-0.15, -0.1) is 0 Å². The molecular weight excluding hydrogens is 364 g/mol. The fourth-order valence-electron chi connectivity index (χ4n) is 4.55. The Labute approximate surface area is 192 Å². The molecule has 181 valence electrons. The fraction of sp³-hybridized carbons (Fsp3) is 0.964. The molecule has 1 N–H and O–H groups in total. The number of hydrogen-bond donors (Lipinski definition) is 1. The Balaban J connectivity index is 3.16. The molecule has 0 amide bonds. The molecular formula is C28H60N2+. The first-order valence-corrected chi connectivity index (χ1v) is 14.1. The van der Waals surface area contributed by atoms with E-state index in [1.54, 1.807) is 0 Å². The second-order valence-electron chi connectivity index (χ2n) is 9.60. The van der Waals surface area contributed by atoms with Crippen molar-refractivity contribution < 1.29 is 4.48 Å². The number of hydrogen-bond acceptors (Lipinski definition) is 1. The summed E-state index contributed by atoms with van der Waals surface area (Å²) in [6, 6.07) is 0. The van der Waals surface area contributed by atoms with E-state index in [2.05, 4.69) is 39.4 Å². The zero-order valence-electron chi connectivity index (χ0n) is 21.8. The molecule has 1 radical (unpaired) electrons. The highest BCUT2D eigenvalue weighted by Crippen LogP contribution is 2.13. The quantitative estimate of drug-likeness (QED) is 0.115. The van der Waals surface area contributed by atoms with Gasteiger partial charge in [0.1, 0.15) is 0 Å². The minimum absolute atomic E-state index is 1.16. The Kier molecular flexibility index (Phi) is 23.5. The van der Waals surface area contributed by atoms with Crippen molar-refractivity contribution in [1.82, 2.24) is 5.32 Å². The Morgan fingerprint density at radius 2 is 0.900 bits per heavy atom. The van der Waals surface area contributed by atoms with Crippen molar-refractivity contribution in [3.8, 4) is 0 Å². The molecule has 0 atom stereocenters. The van der Waals surface area contributed by atoms with Crippen molar-refractivity contribution in [3.05, 3.63) is 6.42 Å². The Morgan fingerprint density at radius 3 is 1.30 bits per heavy atom. The van der Waals surface area contributed by atoms with Crippen molar-refractivity contribution in [3.63, 3.8) is 0 Å². The topological polar surface area (TPSA) is 12.0 Å². The van der Waals surface area contributed by atoms with Gasteiger partial charge in [0, 0.05) is 6.42 Å². The van der Waals surface area contributed by atoms with Gasteiger partial charge in [0.25, 0.3) is 0 Å². The normalized spacial score (nSPS) is 12.0. The van der Waals surface area contributed by atoms with Crippen LogP contribution in [0.15, 0.2) is 0 Å². The van der Waals surface area contributed by atoms with Gasteiger partial charge in [0.15, 0.2) is 0 Å². The molecule has 0 aromatic carbocycles. The lowest BCUT2D eigenvalue weighted by Crippen LogP contribution is -2.48. The van der Waals surface area contributed by atoms with E-state index < -0.39 is 0 Å². The molecule has 0 unspecified atom stereocenters. The molecule has 0 aliphatic rings. The largest absolute Gasteiger partial charge is 0.324 e. The van der Waals surface area contributed by atoms with Crippen LogP contribution in [0.4, 0.5) is 0 Å². The van der Waals surface area contributed by atoms with Crippen molar-refractivity contribution in [1.29, 1.82) is 0 Å². The summed E-state index contributed by atoms with van der Waals surface area (Å²) in [6.07, 6.45) is 26.9. The van der Waals surface area contributed by atoms with Crippen molar-refractivity contribution >= 4 is 0 Å². The third-order valence-corrected chi connectivity index (χ3v) is 7.26. The summed E-state index contributed by atoms with van der Waals surface area (Å²) in [5.41, 5.74) is 0. The van der Waals surface area contributed by atoms with Crippen LogP contribution in [0.25, 0.3) is 0 Å². The van der Waals surface area contributed by atoms with Gasteiger partial charge in [0.05, 0.1) is 26.2 Å². The zero-order chi connectivity index (χ0) is 22.2. The van der Waals surface area contributed by atoms with Crippen LogP contribution < -0.4 is 5.32 Å². The molecule has 0 aromatic heterocycles. The molecule has 2 nitrogen and oxygen atoms in total. The maximum atomic E-state index is 3.64. The van der Waals surface area contributed by atoms with Crippen LogP contribution in [-0.2, 0) is 0 Å². The third kappa shape index (κ3) is 18.7. The first-order valence-electron chi connectivity index (χ1n) is 14.1. The number of unbranched alkanes of at least 4 members (excludes halogenated alkanes) is 16. The molecule has 0 saturated carbocycles. The number of rotatable bonds is 25. The first kappa shape index (κ1) is 29.9. The predicted molar refractivity (Wildman–Crippen MR) is 138 cm³/mol. The Bertz CT molecular complexity index is 303. The van der Waals surface area contributed by atoms with Crippen LogP contribution in [0.2, 0.25) is 0 Å². The minimum atomic E-state index is 1.16. The van der Waals surface area contributed by atoms with E-state index >= 15 is 0 Å². The Morgan fingerprint density at radius 1 is 0.500 bits per heavy atom. The van der Waals surface area contributed by atoms with E-state index in [9.17, 15) is 0 Å². The average molecular weight is 425 g/mol. The summed E-state index contributed by atoms with van der Waals surface area (Å²) in [7, 11) is 0. The monoisotopic (exact) mass is 424 g/mol. The van der Waals surface area contributed by atoms with E-state index in [-0.39, 0.29) is 0 Å². The van der Waals surface area contributed by atoms with Gasteiger partial charge in [0.2, 0.25) is 0 Å². The lowest BCUT2D eigenvalue weighted by molar-refractivity contribution is -0.919. The molecule has 0 saturated heterocycles. The van der Waals surface area contributed by atoms with Crippen molar-refractivity contribution in [2.45, 2.75) is 137 Å². The van der Waals surface area contributed by atoms with Gasteiger partial charge in [-0.25, -0.2) is 0 Å². The molecule has 0 fully saturated rings. The van der Waals surface area contributed by atoms with Gasteiger partial charge < -0.3 is 9.80 Å². The summed E-state index contributed by atoms with van der Waals surface area (Å²) in [6.45, 7) is 16.7. The number of nitrogens with one attached hydrogen (secondary N) is 1. The summed E-state index contributed by atoms with van der Waals surface area (Å²) in [5.74, 6) is 0. The van der Waals surface area contributed by atoms with Gasteiger partial charge in [-0.3, -0.25) is 0 Å². The summed E-state index contributed by atoms with van der Waals surface area (Å²) in [4.78, 5) is 0. The Hall–Kier alpha value is -0.0800. The summed E-state index contributed by atoms with van der Waals surface area (Å²) in [5, 5.41) is 3.64. The minimum Gasteiger partial charge on any atom is -0.324 e.